The molecule has 0 saturated carbocycles. The lowest BCUT2D eigenvalue weighted by atomic mass is 10.2. The first-order valence-electron chi connectivity index (χ1n) is 8.82. The van der Waals surface area contributed by atoms with Crippen molar-refractivity contribution < 1.29 is 9.53 Å². The molecule has 2 aliphatic rings. The number of benzene rings is 1. The molecule has 1 atom stereocenters. The van der Waals surface area contributed by atoms with Gasteiger partial charge in [0.2, 0.25) is 5.91 Å². The fraction of sp³-hybridized carbons (Fsp3) is 0.611. The number of halogens is 3. The number of nitrogens with zero attached hydrogens (tertiary/aromatic N) is 3. The molecule has 2 saturated heterocycles. The van der Waals surface area contributed by atoms with Crippen molar-refractivity contribution in [1.82, 2.24) is 15.1 Å². The molecule has 2 fully saturated rings. The molecule has 2 heterocycles. The number of carbonyl (C=O) groups excluding carboxylic acids is 1. The number of likely N-dealkylation sites (N-methyl/N-ethyl adjacent to an activating group) is 1. The third-order valence-electron chi connectivity index (χ3n) is 4.84. The minimum absolute atomic E-state index is 0. The van der Waals surface area contributed by atoms with Crippen LogP contribution in [0.3, 0.4) is 0 Å². The van der Waals surface area contributed by atoms with Gasteiger partial charge >= 0.3 is 0 Å². The number of rotatable bonds is 5. The molecular formula is C18H31Cl3N4O2. The predicted molar refractivity (Wildman–Crippen MR) is 117 cm³/mol. The van der Waals surface area contributed by atoms with Crippen LogP contribution in [0.1, 0.15) is 0 Å². The number of hydrogen-bond acceptors (Lipinski definition) is 5. The molecule has 0 aromatic heterocycles. The second-order valence-corrected chi connectivity index (χ2v) is 6.51. The zero-order chi connectivity index (χ0) is 16.8. The van der Waals surface area contributed by atoms with Crippen molar-refractivity contribution in [3.05, 3.63) is 30.3 Å². The summed E-state index contributed by atoms with van der Waals surface area (Å²) >= 11 is 0. The van der Waals surface area contributed by atoms with E-state index in [9.17, 15) is 4.79 Å². The van der Waals surface area contributed by atoms with E-state index in [0.717, 1.165) is 45.8 Å². The van der Waals surface area contributed by atoms with Crippen LogP contribution in [0.15, 0.2) is 30.3 Å². The van der Waals surface area contributed by atoms with Gasteiger partial charge in [-0.05, 0) is 12.1 Å². The molecule has 1 unspecified atom stereocenters. The van der Waals surface area contributed by atoms with E-state index in [4.69, 9.17) is 4.74 Å². The monoisotopic (exact) mass is 440 g/mol. The van der Waals surface area contributed by atoms with Crippen LogP contribution >= 0.6 is 37.2 Å². The molecule has 1 aromatic rings. The van der Waals surface area contributed by atoms with Crippen LogP contribution in [0.2, 0.25) is 0 Å². The largest absolute Gasteiger partial charge is 0.378 e. The molecule has 3 rings (SSSR count). The molecule has 1 N–H and O–H groups in total. The number of nitrogens with one attached hydrogen (secondary N) is 1. The summed E-state index contributed by atoms with van der Waals surface area (Å²) in [6, 6.07) is 10.4. The van der Waals surface area contributed by atoms with Gasteiger partial charge in [0.15, 0.2) is 0 Å². The van der Waals surface area contributed by atoms with Crippen LogP contribution in [-0.2, 0) is 9.53 Å². The highest BCUT2D eigenvalue weighted by Crippen LogP contribution is 2.15. The fourth-order valence-electron chi connectivity index (χ4n) is 3.26. The second kappa shape index (κ2) is 13.4. The van der Waals surface area contributed by atoms with Gasteiger partial charge in [-0.15, -0.1) is 37.2 Å². The molecule has 1 aromatic carbocycles. The molecular weight excluding hydrogens is 411 g/mol. The lowest BCUT2D eigenvalue weighted by Crippen LogP contribution is -2.53. The standard InChI is InChI=1S/C18H28N4O2.3ClH/c1-20(18(23)17-15-24-14-7-19-17)8-9-21-10-12-22(13-11-21)16-5-3-2-4-6-16;;;/h2-6,17,19H,7-15H2,1H3;3*1H. The average Bonchev–Trinajstić information content (AvgIpc) is 2.67. The maximum atomic E-state index is 12.4. The lowest BCUT2D eigenvalue weighted by Gasteiger charge is -2.37. The van der Waals surface area contributed by atoms with E-state index in [1.165, 1.54) is 5.69 Å². The molecule has 27 heavy (non-hydrogen) atoms. The highest BCUT2D eigenvalue weighted by Gasteiger charge is 2.25. The van der Waals surface area contributed by atoms with Gasteiger partial charge in [-0.25, -0.2) is 0 Å². The van der Waals surface area contributed by atoms with Gasteiger partial charge in [0, 0.05) is 58.5 Å². The van der Waals surface area contributed by atoms with E-state index in [-0.39, 0.29) is 49.2 Å². The molecule has 6 nitrogen and oxygen atoms in total. The van der Waals surface area contributed by atoms with Crippen molar-refractivity contribution in [3.8, 4) is 0 Å². The van der Waals surface area contributed by atoms with Crippen molar-refractivity contribution in [3.63, 3.8) is 0 Å². The van der Waals surface area contributed by atoms with Gasteiger partial charge in [0.25, 0.3) is 0 Å². The van der Waals surface area contributed by atoms with Crippen molar-refractivity contribution in [2.24, 2.45) is 0 Å². The average molecular weight is 442 g/mol. The summed E-state index contributed by atoms with van der Waals surface area (Å²) in [4.78, 5) is 19.1. The van der Waals surface area contributed by atoms with Crippen LogP contribution in [0, 0.1) is 0 Å². The second-order valence-electron chi connectivity index (χ2n) is 6.51. The highest BCUT2D eigenvalue weighted by molar-refractivity contribution is 5.86. The van der Waals surface area contributed by atoms with Gasteiger partial charge in [-0.3, -0.25) is 9.69 Å². The Bertz CT molecular complexity index is 525. The van der Waals surface area contributed by atoms with Gasteiger partial charge in [-0.1, -0.05) is 18.2 Å². The van der Waals surface area contributed by atoms with Crippen LogP contribution < -0.4 is 10.2 Å². The summed E-state index contributed by atoms with van der Waals surface area (Å²) in [5.41, 5.74) is 1.30. The van der Waals surface area contributed by atoms with Crippen molar-refractivity contribution in [2.75, 3.05) is 71.0 Å². The number of hydrogen-bond donors (Lipinski definition) is 1. The SMILES string of the molecule is CN(CCN1CCN(c2ccccc2)CC1)C(=O)C1COCCN1.Cl.Cl.Cl. The molecule has 0 radical (unpaired) electrons. The van der Waals surface area contributed by atoms with E-state index in [1.54, 1.807) is 0 Å². The summed E-state index contributed by atoms with van der Waals surface area (Å²) in [7, 11) is 1.89. The topological polar surface area (TPSA) is 48.0 Å². The maximum Gasteiger partial charge on any atom is 0.241 e. The van der Waals surface area contributed by atoms with Gasteiger partial charge in [0.1, 0.15) is 6.04 Å². The van der Waals surface area contributed by atoms with Gasteiger partial charge in [-0.2, -0.15) is 0 Å². The van der Waals surface area contributed by atoms with E-state index in [2.05, 4.69) is 45.4 Å². The van der Waals surface area contributed by atoms with E-state index in [1.807, 2.05) is 11.9 Å². The first-order valence-corrected chi connectivity index (χ1v) is 8.82. The number of ether oxygens (including phenoxy) is 1. The molecule has 2 aliphatic heterocycles. The van der Waals surface area contributed by atoms with Gasteiger partial charge < -0.3 is 19.9 Å². The highest BCUT2D eigenvalue weighted by atomic mass is 35.5. The molecule has 0 bridgehead atoms. The number of anilines is 1. The number of amides is 1. The predicted octanol–water partition coefficient (Wildman–Crippen LogP) is 1.52. The smallest absolute Gasteiger partial charge is 0.241 e. The van der Waals surface area contributed by atoms with Crippen LogP contribution in [0.25, 0.3) is 0 Å². The normalized spacial score (nSPS) is 19.9. The summed E-state index contributed by atoms with van der Waals surface area (Å²) in [6.07, 6.45) is 0. The third-order valence-corrected chi connectivity index (χ3v) is 4.84. The van der Waals surface area contributed by atoms with Crippen molar-refractivity contribution in [1.29, 1.82) is 0 Å². The first kappa shape index (κ1) is 26.2. The molecule has 0 aliphatic carbocycles. The number of piperazine rings is 1. The Kier molecular flexibility index (Phi) is 13.0. The van der Waals surface area contributed by atoms with Crippen molar-refractivity contribution >= 4 is 48.8 Å². The van der Waals surface area contributed by atoms with Crippen LogP contribution in [0.4, 0.5) is 5.69 Å². The summed E-state index contributed by atoms with van der Waals surface area (Å²) in [6.45, 7) is 7.80. The molecule has 1 amide bonds. The quantitative estimate of drug-likeness (QED) is 0.751. The third kappa shape index (κ3) is 7.64. The van der Waals surface area contributed by atoms with Crippen LogP contribution in [0.5, 0.6) is 0 Å². The first-order chi connectivity index (χ1) is 11.7. The maximum absolute atomic E-state index is 12.4. The Balaban J connectivity index is 0.00000225. The van der Waals surface area contributed by atoms with Crippen LogP contribution in [-0.4, -0.2) is 87.8 Å². The lowest BCUT2D eigenvalue weighted by molar-refractivity contribution is -0.135. The Labute approximate surface area is 180 Å². The van der Waals surface area contributed by atoms with E-state index >= 15 is 0 Å². The van der Waals surface area contributed by atoms with Gasteiger partial charge in [0.05, 0.1) is 13.2 Å². The number of morpholine rings is 1. The summed E-state index contributed by atoms with van der Waals surface area (Å²) in [5, 5.41) is 3.23. The minimum atomic E-state index is -0.182. The number of para-hydroxylation sites is 1. The Morgan fingerprint density at radius 2 is 1.81 bits per heavy atom. The number of carbonyl (C=O) groups is 1. The summed E-state index contributed by atoms with van der Waals surface area (Å²) < 4.78 is 5.38. The molecule has 0 spiro atoms. The molecule has 9 heteroatoms. The van der Waals surface area contributed by atoms with E-state index < -0.39 is 0 Å². The Hall–Kier alpha value is -0.760. The molecule has 156 valence electrons. The van der Waals surface area contributed by atoms with E-state index in [0.29, 0.717) is 13.2 Å². The van der Waals surface area contributed by atoms with Crippen molar-refractivity contribution in [2.45, 2.75) is 6.04 Å². The fourth-order valence-corrected chi connectivity index (χ4v) is 3.26. The Morgan fingerprint density at radius 3 is 2.41 bits per heavy atom. The Morgan fingerprint density at radius 1 is 1.15 bits per heavy atom. The zero-order valence-corrected chi connectivity index (χ0v) is 18.2. The minimum Gasteiger partial charge on any atom is -0.378 e. The summed E-state index contributed by atoms with van der Waals surface area (Å²) in [5.74, 6) is 0.137. The zero-order valence-electron chi connectivity index (χ0n) is 15.7.